The lowest BCUT2D eigenvalue weighted by Gasteiger charge is -2.08. The van der Waals surface area contributed by atoms with Crippen LogP contribution >= 0.6 is 11.8 Å². The summed E-state index contributed by atoms with van der Waals surface area (Å²) in [7, 11) is 0. The fourth-order valence-corrected chi connectivity index (χ4v) is 2.76. The van der Waals surface area contributed by atoms with Gasteiger partial charge < -0.3 is 21.3 Å². The number of carboxylic acid groups (broad SMARTS) is 2. The quantitative estimate of drug-likeness (QED) is 0.248. The third-order valence-electron chi connectivity index (χ3n) is 3.78. The van der Waals surface area contributed by atoms with E-state index in [-0.39, 0.29) is 28.7 Å². The molecule has 5 N–H and O–H groups in total. The Labute approximate surface area is 150 Å². The smallest absolute Gasteiger partial charge is 0.352 e. The van der Waals surface area contributed by atoms with Gasteiger partial charge in [0.25, 0.3) is 0 Å². The van der Waals surface area contributed by atoms with Crippen LogP contribution in [0, 0.1) is 11.3 Å². The molecule has 2 atom stereocenters. The molecule has 0 aromatic rings. The van der Waals surface area contributed by atoms with Gasteiger partial charge in [-0.1, -0.05) is 19.9 Å². The number of carbonyl (C=O) groups is 3. The molecule has 1 unspecified atom stereocenters. The van der Waals surface area contributed by atoms with E-state index in [0.29, 0.717) is 31.0 Å². The average molecular weight is 362 g/mol. The lowest BCUT2D eigenvalue weighted by molar-refractivity contribution is -0.138. The minimum atomic E-state index is -2.76. The first kappa shape index (κ1) is 16.0. The van der Waals surface area contributed by atoms with Gasteiger partial charge >= 0.3 is 11.9 Å². The van der Waals surface area contributed by atoms with Gasteiger partial charge in [-0.25, -0.2) is 4.79 Å². The zero-order valence-electron chi connectivity index (χ0n) is 16.8. The Morgan fingerprint density at radius 2 is 2.08 bits per heavy atom. The van der Waals surface area contributed by atoms with Crippen molar-refractivity contribution in [2.45, 2.75) is 45.5 Å². The molecule has 1 amide bonds. The molecule has 1 aliphatic rings. The third-order valence-corrected chi connectivity index (χ3v) is 4.64. The topological polar surface area (TPSA) is 130 Å². The largest absolute Gasteiger partial charge is 0.480 e. The SMILES string of the molecule is [2H]C([2H])(SCCCC/C=C(\NC(=O)[C@H]1CC1(C)C)C(=O)O)C([2H])([15NH2])C(=O)O. The number of allylic oxidation sites excluding steroid dienone is 1. The number of carbonyl (C=O) groups excluding carboxylic acids is 1. The molecule has 0 aromatic carbocycles. The van der Waals surface area contributed by atoms with Gasteiger partial charge in [0.05, 0.1) is 1.37 Å². The van der Waals surface area contributed by atoms with Gasteiger partial charge in [0.15, 0.2) is 0 Å². The van der Waals surface area contributed by atoms with E-state index in [0.717, 1.165) is 6.42 Å². The molecule has 0 spiro atoms. The third kappa shape index (κ3) is 6.92. The van der Waals surface area contributed by atoms with Crippen molar-refractivity contribution < 1.29 is 28.7 Å². The van der Waals surface area contributed by atoms with Crippen molar-refractivity contribution in [3.63, 3.8) is 0 Å². The first-order valence-electron chi connectivity index (χ1n) is 9.13. The number of nitrogens with two attached hydrogens (primary N) is 1. The number of hydrogen-bond acceptors (Lipinski definition) is 5. The molecule has 1 rings (SSSR count). The summed E-state index contributed by atoms with van der Waals surface area (Å²) in [6.45, 7) is 3.88. The molecule has 0 heterocycles. The monoisotopic (exact) mass is 362 g/mol. The Balaban J connectivity index is 2.42. The van der Waals surface area contributed by atoms with Gasteiger partial charge in [-0.15, -0.1) is 0 Å². The molecular formula is C16H26N2O5S. The van der Waals surface area contributed by atoms with Crippen LogP contribution < -0.4 is 11.1 Å². The lowest BCUT2D eigenvalue weighted by atomic mass is 10.1. The van der Waals surface area contributed by atoms with Crippen molar-refractivity contribution in [3.05, 3.63) is 11.8 Å². The molecule has 1 saturated carbocycles. The van der Waals surface area contributed by atoms with Crippen molar-refractivity contribution >= 4 is 29.6 Å². The molecular weight excluding hydrogens is 333 g/mol. The lowest BCUT2D eigenvalue weighted by Crippen LogP contribution is -2.32. The van der Waals surface area contributed by atoms with Gasteiger partial charge in [-0.05, 0) is 36.9 Å². The number of aliphatic carboxylic acids is 2. The first-order valence-corrected chi connectivity index (χ1v) is 8.61. The highest BCUT2D eigenvalue weighted by atomic mass is 32.2. The van der Waals surface area contributed by atoms with Gasteiger partial charge in [0.1, 0.15) is 11.7 Å². The summed E-state index contributed by atoms with van der Waals surface area (Å²) in [5.74, 6) is -3.24. The summed E-state index contributed by atoms with van der Waals surface area (Å²) in [4.78, 5) is 34.1. The fraction of sp³-hybridized carbons (Fsp3) is 0.688. The fourth-order valence-electron chi connectivity index (χ4n) is 2.06. The number of rotatable bonds is 11. The molecule has 0 aromatic heterocycles. The van der Waals surface area contributed by atoms with Crippen molar-refractivity contribution in [3.8, 4) is 0 Å². The van der Waals surface area contributed by atoms with Crippen LogP contribution in [0.3, 0.4) is 0 Å². The second kappa shape index (κ2) is 9.08. The standard InChI is InChI=1S/C16H26N2O5S/c1-16(2)8-10(16)13(19)18-12(15(22)23)6-4-3-5-7-24-9-11(17)14(20)21/h6,10-11H,3-5,7-9,17H2,1-2H3,(H,18,19)(H,20,21)(H,22,23)/b12-6-/t10-,11?/m1/s1/i9D2,11D,17+1. The second-order valence-electron chi connectivity index (χ2n) is 6.32. The van der Waals surface area contributed by atoms with Crippen LogP contribution in [0.5, 0.6) is 0 Å². The number of hydrogen-bond donors (Lipinski definition) is 4. The van der Waals surface area contributed by atoms with E-state index >= 15 is 0 Å². The van der Waals surface area contributed by atoms with Gasteiger partial charge in [-0.3, -0.25) is 9.59 Å². The van der Waals surface area contributed by atoms with Crippen LogP contribution in [0.2, 0.25) is 0 Å². The van der Waals surface area contributed by atoms with E-state index in [9.17, 15) is 19.5 Å². The van der Waals surface area contributed by atoms with Crippen LogP contribution in [-0.4, -0.2) is 45.5 Å². The highest BCUT2D eigenvalue weighted by Gasteiger charge is 2.50. The summed E-state index contributed by atoms with van der Waals surface area (Å²) < 4.78 is 22.6. The average Bonchev–Trinajstić information content (AvgIpc) is 3.17. The van der Waals surface area contributed by atoms with Crippen molar-refractivity contribution in [1.82, 2.24) is 5.32 Å². The summed E-state index contributed by atoms with van der Waals surface area (Å²) in [5, 5.41) is 20.4. The van der Waals surface area contributed by atoms with Crippen LogP contribution in [0.15, 0.2) is 11.8 Å². The summed E-state index contributed by atoms with van der Waals surface area (Å²) >= 11 is 0.635. The summed E-state index contributed by atoms with van der Waals surface area (Å²) in [6, 6.07) is -2.76. The van der Waals surface area contributed by atoms with E-state index in [4.69, 9.17) is 15.0 Å². The van der Waals surface area contributed by atoms with Crippen molar-refractivity contribution in [2.75, 3.05) is 11.5 Å². The van der Waals surface area contributed by atoms with Gasteiger partial charge in [-0.2, -0.15) is 11.8 Å². The molecule has 0 radical (unpaired) electrons. The molecule has 0 aliphatic heterocycles. The van der Waals surface area contributed by atoms with E-state index in [1.165, 1.54) is 6.08 Å². The number of nitrogens with one attached hydrogen (secondary N) is 1. The van der Waals surface area contributed by atoms with E-state index in [1.807, 2.05) is 13.8 Å². The van der Waals surface area contributed by atoms with Crippen LogP contribution in [-0.2, 0) is 14.4 Å². The summed E-state index contributed by atoms with van der Waals surface area (Å²) in [6.07, 6.45) is 3.46. The summed E-state index contributed by atoms with van der Waals surface area (Å²) in [5.41, 5.74) is 2.46. The Morgan fingerprint density at radius 3 is 2.58 bits per heavy atom. The molecule has 24 heavy (non-hydrogen) atoms. The minimum Gasteiger partial charge on any atom is -0.480 e. The maximum absolute atomic E-state index is 12.0. The first-order chi connectivity index (χ1) is 12.2. The molecule has 136 valence electrons. The Hall–Kier alpha value is -1.54. The Bertz CT molecular complexity index is 638. The maximum Gasteiger partial charge on any atom is 0.352 e. The molecule has 7 nitrogen and oxygen atoms in total. The van der Waals surface area contributed by atoms with E-state index in [2.05, 4.69) is 5.32 Å². The van der Waals surface area contributed by atoms with E-state index in [1.54, 1.807) is 0 Å². The molecule has 1 aliphatic carbocycles. The number of unbranched alkanes of at least 4 members (excludes halogenated alkanes) is 2. The maximum atomic E-state index is 12.0. The van der Waals surface area contributed by atoms with E-state index < -0.39 is 23.7 Å². The van der Waals surface area contributed by atoms with Crippen molar-refractivity contribution in [1.29, 1.82) is 0 Å². The number of amides is 1. The zero-order valence-corrected chi connectivity index (χ0v) is 14.6. The highest BCUT2D eigenvalue weighted by molar-refractivity contribution is 7.99. The normalized spacial score (nSPS) is 24.0. The zero-order chi connectivity index (χ0) is 21.0. The second-order valence-corrected chi connectivity index (χ2v) is 7.22. The highest BCUT2D eigenvalue weighted by Crippen LogP contribution is 2.51. The molecule has 0 saturated heterocycles. The van der Waals surface area contributed by atoms with Crippen LogP contribution in [0.1, 0.15) is 43.6 Å². The van der Waals surface area contributed by atoms with Gasteiger partial charge in [0.2, 0.25) is 5.91 Å². The Kier molecular flexibility index (Phi) is 6.03. The molecule has 0 bridgehead atoms. The molecule has 1 fully saturated rings. The Morgan fingerprint density at radius 1 is 1.46 bits per heavy atom. The predicted octanol–water partition coefficient (Wildman–Crippen LogP) is 1.43. The number of thioether (sulfide) groups is 1. The van der Waals surface area contributed by atoms with Crippen LogP contribution in [0.25, 0.3) is 0 Å². The predicted molar refractivity (Wildman–Crippen MR) is 92.5 cm³/mol. The van der Waals surface area contributed by atoms with Crippen molar-refractivity contribution in [2.24, 2.45) is 17.1 Å². The van der Waals surface area contributed by atoms with Gasteiger partial charge in [0, 0.05) is 14.4 Å². The minimum absolute atomic E-state index is 0.101. The van der Waals surface area contributed by atoms with Crippen LogP contribution in [0.4, 0.5) is 0 Å². The molecule has 8 heteroatoms. The number of carboxylic acids is 2.